The van der Waals surface area contributed by atoms with Gasteiger partial charge in [0.1, 0.15) is 0 Å². The van der Waals surface area contributed by atoms with Crippen LogP contribution in [0.3, 0.4) is 0 Å². The van der Waals surface area contributed by atoms with Gasteiger partial charge in [0.05, 0.1) is 32.4 Å². The number of para-hydroxylation sites is 1. The Bertz CT molecular complexity index is 1240. The first-order chi connectivity index (χ1) is 14.9. The molecule has 1 heterocycles. The van der Waals surface area contributed by atoms with Gasteiger partial charge in [0, 0.05) is 26.8 Å². The highest BCUT2D eigenvalue weighted by Crippen LogP contribution is 2.40. The number of hydrogen-bond acceptors (Lipinski definition) is 4. The van der Waals surface area contributed by atoms with E-state index in [4.69, 9.17) is 0 Å². The molecule has 0 saturated carbocycles. The van der Waals surface area contributed by atoms with Crippen molar-refractivity contribution in [2.24, 2.45) is 0 Å². The van der Waals surface area contributed by atoms with E-state index in [1.165, 1.54) is 12.1 Å². The van der Waals surface area contributed by atoms with Gasteiger partial charge in [-0.1, -0.05) is 50.1 Å². The monoisotopic (exact) mass is 541 g/mol. The molecule has 0 amide bonds. The van der Waals surface area contributed by atoms with Crippen LogP contribution in [0.2, 0.25) is 0 Å². The highest BCUT2D eigenvalue weighted by atomic mass is 79.9. The Morgan fingerprint density at radius 1 is 0.645 bits per heavy atom. The SMILES string of the molecule is O=[N+]([O-])c1cc(Br)ccc1-c1ccc(-c2ccc(Br)cc2[N+](=O)[O-])n1-c1ccccc1. The minimum Gasteiger partial charge on any atom is -0.309 e. The second-order valence-electron chi connectivity index (χ2n) is 6.61. The molecule has 0 spiro atoms. The van der Waals surface area contributed by atoms with Gasteiger partial charge >= 0.3 is 0 Å². The Hall–Kier alpha value is -3.30. The molecule has 0 radical (unpaired) electrons. The number of benzene rings is 3. The third-order valence-corrected chi connectivity index (χ3v) is 5.75. The standard InChI is InChI=1S/C22H13Br2N3O4/c23-14-6-8-17(21(12-14)26(28)29)19-10-11-20(25(19)16-4-2-1-3-5-16)18-9-7-15(24)13-22(18)27(30)31/h1-13H. The molecule has 0 unspecified atom stereocenters. The molecule has 0 aliphatic rings. The zero-order valence-corrected chi connectivity index (χ0v) is 18.9. The molecular formula is C22H13Br2N3O4. The molecule has 4 aromatic rings. The van der Waals surface area contributed by atoms with E-state index in [0.717, 1.165) is 5.69 Å². The number of rotatable bonds is 5. The zero-order chi connectivity index (χ0) is 22.1. The molecule has 0 N–H and O–H groups in total. The second kappa shape index (κ2) is 8.44. The summed E-state index contributed by atoms with van der Waals surface area (Å²) in [4.78, 5) is 22.6. The van der Waals surface area contributed by atoms with Crippen LogP contribution in [0.4, 0.5) is 11.4 Å². The first kappa shape index (κ1) is 21.0. The Morgan fingerprint density at radius 3 is 1.52 bits per heavy atom. The molecule has 0 aliphatic heterocycles. The van der Waals surface area contributed by atoms with Crippen molar-refractivity contribution in [3.8, 4) is 28.2 Å². The molecule has 0 bridgehead atoms. The van der Waals surface area contributed by atoms with E-state index >= 15 is 0 Å². The summed E-state index contributed by atoms with van der Waals surface area (Å²) in [6, 6.07) is 22.4. The largest absolute Gasteiger partial charge is 0.309 e. The third-order valence-electron chi connectivity index (χ3n) is 4.76. The molecule has 1 aromatic heterocycles. The van der Waals surface area contributed by atoms with Crippen LogP contribution in [-0.2, 0) is 0 Å². The van der Waals surface area contributed by atoms with Crippen molar-refractivity contribution in [3.05, 3.63) is 108 Å². The van der Waals surface area contributed by atoms with Crippen molar-refractivity contribution in [2.45, 2.75) is 0 Å². The van der Waals surface area contributed by atoms with Crippen molar-refractivity contribution in [3.63, 3.8) is 0 Å². The van der Waals surface area contributed by atoms with E-state index in [2.05, 4.69) is 31.9 Å². The molecule has 7 nitrogen and oxygen atoms in total. The molecule has 0 aliphatic carbocycles. The minimum absolute atomic E-state index is 0.0680. The predicted molar refractivity (Wildman–Crippen MR) is 125 cm³/mol. The summed E-state index contributed by atoms with van der Waals surface area (Å²) < 4.78 is 2.97. The second-order valence-corrected chi connectivity index (χ2v) is 8.44. The number of aromatic nitrogens is 1. The predicted octanol–water partition coefficient (Wildman–Crippen LogP) is 7.15. The van der Waals surface area contributed by atoms with E-state index < -0.39 is 9.85 Å². The van der Waals surface area contributed by atoms with Crippen LogP contribution < -0.4 is 0 Å². The van der Waals surface area contributed by atoms with Gasteiger partial charge in [0.15, 0.2) is 0 Å². The molecule has 9 heteroatoms. The van der Waals surface area contributed by atoms with Crippen LogP contribution in [0.15, 0.2) is 87.8 Å². The molecular weight excluding hydrogens is 530 g/mol. The summed E-state index contributed by atoms with van der Waals surface area (Å²) >= 11 is 6.57. The summed E-state index contributed by atoms with van der Waals surface area (Å²) in [7, 11) is 0. The van der Waals surface area contributed by atoms with Crippen molar-refractivity contribution in [2.75, 3.05) is 0 Å². The Kier molecular flexibility index (Phi) is 5.71. The fraction of sp³-hybridized carbons (Fsp3) is 0. The highest BCUT2D eigenvalue weighted by Gasteiger charge is 2.25. The number of nitro groups is 2. The minimum atomic E-state index is -0.440. The number of halogens is 2. The normalized spacial score (nSPS) is 10.8. The zero-order valence-electron chi connectivity index (χ0n) is 15.7. The van der Waals surface area contributed by atoms with Crippen molar-refractivity contribution in [1.82, 2.24) is 4.57 Å². The first-order valence-electron chi connectivity index (χ1n) is 9.02. The van der Waals surface area contributed by atoms with Crippen molar-refractivity contribution >= 4 is 43.2 Å². The van der Waals surface area contributed by atoms with Gasteiger partial charge in [-0.2, -0.15) is 0 Å². The molecule has 0 atom stereocenters. The van der Waals surface area contributed by atoms with Gasteiger partial charge in [-0.15, -0.1) is 0 Å². The Morgan fingerprint density at radius 2 is 1.10 bits per heavy atom. The van der Waals surface area contributed by atoms with E-state index in [1.807, 2.05) is 30.3 Å². The van der Waals surface area contributed by atoms with Crippen molar-refractivity contribution in [1.29, 1.82) is 0 Å². The first-order valence-corrected chi connectivity index (χ1v) is 10.6. The van der Waals surface area contributed by atoms with E-state index in [9.17, 15) is 20.2 Å². The lowest BCUT2D eigenvalue weighted by atomic mass is 10.1. The van der Waals surface area contributed by atoms with Gasteiger partial charge in [-0.3, -0.25) is 20.2 Å². The number of nitrogens with zero attached hydrogens (tertiary/aromatic N) is 3. The van der Waals surface area contributed by atoms with Crippen LogP contribution in [-0.4, -0.2) is 14.4 Å². The van der Waals surface area contributed by atoms with Crippen LogP contribution in [0.1, 0.15) is 0 Å². The maximum Gasteiger partial charge on any atom is 0.279 e. The van der Waals surface area contributed by atoms with Gasteiger partial charge in [-0.25, -0.2) is 0 Å². The quantitative estimate of drug-likeness (QED) is 0.198. The average Bonchev–Trinajstić information content (AvgIpc) is 3.18. The highest BCUT2D eigenvalue weighted by molar-refractivity contribution is 9.10. The smallest absolute Gasteiger partial charge is 0.279 e. The number of nitro benzene ring substituents is 2. The van der Waals surface area contributed by atoms with Gasteiger partial charge in [0.25, 0.3) is 11.4 Å². The molecule has 3 aromatic carbocycles. The number of hydrogen-bond donors (Lipinski definition) is 0. The lowest BCUT2D eigenvalue weighted by Crippen LogP contribution is -2.02. The fourth-order valence-corrected chi connectivity index (χ4v) is 4.16. The molecule has 4 rings (SSSR count). The fourth-order valence-electron chi connectivity index (χ4n) is 3.46. The van der Waals surface area contributed by atoms with Gasteiger partial charge in [0.2, 0.25) is 0 Å². The van der Waals surface area contributed by atoms with Gasteiger partial charge in [-0.05, 0) is 48.5 Å². The maximum atomic E-state index is 11.7. The lowest BCUT2D eigenvalue weighted by Gasteiger charge is -2.15. The lowest BCUT2D eigenvalue weighted by molar-refractivity contribution is -0.384. The molecule has 154 valence electrons. The maximum absolute atomic E-state index is 11.7. The Balaban J connectivity index is 2.06. The summed E-state index contributed by atoms with van der Waals surface area (Å²) in [5.41, 5.74) is 2.51. The molecule has 31 heavy (non-hydrogen) atoms. The van der Waals surface area contributed by atoms with Crippen LogP contribution >= 0.6 is 31.9 Å². The van der Waals surface area contributed by atoms with Crippen LogP contribution in [0.25, 0.3) is 28.2 Å². The molecule has 0 saturated heterocycles. The summed E-state index contributed by atoms with van der Waals surface area (Å²) in [5, 5.41) is 23.5. The van der Waals surface area contributed by atoms with E-state index in [1.54, 1.807) is 41.0 Å². The van der Waals surface area contributed by atoms with Gasteiger partial charge < -0.3 is 4.57 Å². The van der Waals surface area contributed by atoms with E-state index in [-0.39, 0.29) is 11.4 Å². The summed E-state index contributed by atoms with van der Waals surface area (Å²) in [5.74, 6) is 0. The Labute approximate surface area is 193 Å². The molecule has 0 fully saturated rings. The van der Waals surface area contributed by atoms with Crippen LogP contribution in [0, 0.1) is 20.2 Å². The van der Waals surface area contributed by atoms with Crippen molar-refractivity contribution < 1.29 is 9.85 Å². The third kappa shape index (κ3) is 4.01. The van der Waals surface area contributed by atoms with E-state index in [0.29, 0.717) is 31.5 Å². The van der Waals surface area contributed by atoms with Crippen LogP contribution in [0.5, 0.6) is 0 Å². The topological polar surface area (TPSA) is 91.2 Å². The summed E-state index contributed by atoms with van der Waals surface area (Å²) in [6.07, 6.45) is 0. The summed E-state index contributed by atoms with van der Waals surface area (Å²) in [6.45, 7) is 0. The average molecular weight is 543 g/mol.